The summed E-state index contributed by atoms with van der Waals surface area (Å²) in [4.78, 5) is 25.3. The van der Waals surface area contributed by atoms with E-state index in [1.807, 2.05) is 66.9 Å². The molecule has 5 nitrogen and oxygen atoms in total. The molecule has 0 saturated heterocycles. The van der Waals surface area contributed by atoms with Gasteiger partial charge < -0.3 is 4.74 Å². The van der Waals surface area contributed by atoms with Gasteiger partial charge in [0.1, 0.15) is 5.75 Å². The number of pyridine rings is 1. The molecule has 0 fully saturated rings. The Bertz CT molecular complexity index is 1150. The van der Waals surface area contributed by atoms with E-state index in [-0.39, 0.29) is 5.91 Å². The lowest BCUT2D eigenvalue weighted by atomic mass is 10.2. The number of methoxy groups -OCH3 is 1. The standard InChI is InChI=1S/C22H19N3O2S2/c1-27-17-9-10-19-20(13-17)29-22(24-19)25(14-16-7-3-4-11-23-16)21(26)15-6-5-8-18(12-15)28-2/h3-13H,14H2,1-2H3. The van der Waals surface area contributed by atoms with E-state index in [1.54, 1.807) is 30.0 Å². The van der Waals surface area contributed by atoms with Crippen LogP contribution in [0.3, 0.4) is 0 Å². The number of nitrogens with zero attached hydrogens (tertiary/aromatic N) is 3. The normalized spacial score (nSPS) is 10.8. The van der Waals surface area contributed by atoms with Crippen molar-refractivity contribution >= 4 is 44.4 Å². The summed E-state index contributed by atoms with van der Waals surface area (Å²) in [5.41, 5.74) is 2.27. The van der Waals surface area contributed by atoms with Crippen LogP contribution >= 0.6 is 23.1 Å². The SMILES string of the molecule is COc1ccc2nc(N(Cc3ccccn3)C(=O)c3cccc(SC)c3)sc2c1. The predicted octanol–water partition coefficient (Wildman–Crippen LogP) is 5.27. The van der Waals surface area contributed by atoms with Crippen LogP contribution in [0.2, 0.25) is 0 Å². The van der Waals surface area contributed by atoms with Crippen LogP contribution in [-0.4, -0.2) is 29.2 Å². The van der Waals surface area contributed by atoms with Gasteiger partial charge in [0.05, 0.1) is 29.6 Å². The molecule has 4 rings (SSSR count). The highest BCUT2D eigenvalue weighted by atomic mass is 32.2. The van der Waals surface area contributed by atoms with Crippen molar-refractivity contribution in [2.24, 2.45) is 0 Å². The fourth-order valence-corrected chi connectivity index (χ4v) is 4.38. The molecule has 0 bridgehead atoms. The topological polar surface area (TPSA) is 55.3 Å². The van der Waals surface area contributed by atoms with Crippen LogP contribution < -0.4 is 9.64 Å². The summed E-state index contributed by atoms with van der Waals surface area (Å²) in [5, 5.41) is 0.637. The maximum Gasteiger partial charge on any atom is 0.260 e. The van der Waals surface area contributed by atoms with E-state index < -0.39 is 0 Å². The third-order valence-corrected chi connectivity index (χ3v) is 6.19. The number of carbonyl (C=O) groups is 1. The number of ether oxygens (including phenoxy) is 1. The Hall–Kier alpha value is -2.90. The van der Waals surface area contributed by atoms with Crippen molar-refractivity contribution in [3.8, 4) is 5.75 Å². The summed E-state index contributed by atoms with van der Waals surface area (Å²) in [6, 6.07) is 19.1. The van der Waals surface area contributed by atoms with Gasteiger partial charge in [0.25, 0.3) is 5.91 Å². The van der Waals surface area contributed by atoms with Crippen LogP contribution in [0.15, 0.2) is 71.8 Å². The first kappa shape index (κ1) is 19.4. The molecule has 0 radical (unpaired) electrons. The van der Waals surface area contributed by atoms with Gasteiger partial charge in [-0.25, -0.2) is 4.98 Å². The minimum atomic E-state index is -0.0995. The zero-order valence-corrected chi connectivity index (χ0v) is 17.7. The number of thioether (sulfide) groups is 1. The second-order valence-electron chi connectivity index (χ2n) is 6.27. The first-order chi connectivity index (χ1) is 14.2. The van der Waals surface area contributed by atoms with Gasteiger partial charge in [-0.2, -0.15) is 0 Å². The van der Waals surface area contributed by atoms with Gasteiger partial charge in [-0.15, -0.1) is 11.8 Å². The lowest BCUT2D eigenvalue weighted by Crippen LogP contribution is -2.30. The minimum absolute atomic E-state index is 0.0995. The maximum atomic E-state index is 13.4. The molecule has 1 amide bonds. The molecule has 0 aliphatic carbocycles. The van der Waals surface area contributed by atoms with Crippen LogP contribution in [0, 0.1) is 0 Å². The Balaban J connectivity index is 1.76. The molecular weight excluding hydrogens is 402 g/mol. The second-order valence-corrected chi connectivity index (χ2v) is 8.16. The van der Waals surface area contributed by atoms with Gasteiger partial charge in [-0.05, 0) is 54.8 Å². The van der Waals surface area contributed by atoms with E-state index in [4.69, 9.17) is 9.72 Å². The van der Waals surface area contributed by atoms with Gasteiger partial charge >= 0.3 is 0 Å². The van der Waals surface area contributed by atoms with E-state index in [9.17, 15) is 4.79 Å². The highest BCUT2D eigenvalue weighted by Gasteiger charge is 2.22. The van der Waals surface area contributed by atoms with E-state index in [0.717, 1.165) is 26.6 Å². The summed E-state index contributed by atoms with van der Waals surface area (Å²) < 4.78 is 6.28. The third-order valence-electron chi connectivity index (χ3n) is 4.42. The van der Waals surface area contributed by atoms with Crippen LogP contribution in [-0.2, 0) is 6.54 Å². The smallest absolute Gasteiger partial charge is 0.260 e. The number of fused-ring (bicyclic) bond motifs is 1. The molecule has 0 spiro atoms. The Morgan fingerprint density at radius 2 is 2.03 bits per heavy atom. The lowest BCUT2D eigenvalue weighted by molar-refractivity contribution is 0.0984. The highest BCUT2D eigenvalue weighted by molar-refractivity contribution is 7.98. The van der Waals surface area contributed by atoms with Gasteiger partial charge in [0.15, 0.2) is 5.13 Å². The average molecular weight is 422 g/mol. The monoisotopic (exact) mass is 421 g/mol. The van der Waals surface area contributed by atoms with E-state index in [2.05, 4.69) is 4.98 Å². The van der Waals surface area contributed by atoms with Crippen molar-refractivity contribution < 1.29 is 9.53 Å². The lowest BCUT2D eigenvalue weighted by Gasteiger charge is -2.20. The average Bonchev–Trinajstić information content (AvgIpc) is 3.20. The summed E-state index contributed by atoms with van der Waals surface area (Å²) in [5.74, 6) is 0.667. The highest BCUT2D eigenvalue weighted by Crippen LogP contribution is 2.33. The number of hydrogen-bond donors (Lipinski definition) is 0. The molecule has 2 aromatic carbocycles. The number of hydrogen-bond acceptors (Lipinski definition) is 6. The van der Waals surface area contributed by atoms with Crippen LogP contribution in [0.1, 0.15) is 16.1 Å². The molecular formula is C22H19N3O2S2. The molecule has 2 heterocycles. The number of thiazole rings is 1. The zero-order valence-electron chi connectivity index (χ0n) is 16.0. The predicted molar refractivity (Wildman–Crippen MR) is 119 cm³/mol. The second kappa shape index (κ2) is 8.63. The number of amides is 1. The zero-order chi connectivity index (χ0) is 20.2. The summed E-state index contributed by atoms with van der Waals surface area (Å²) in [6.45, 7) is 0.347. The Morgan fingerprint density at radius 3 is 2.79 bits per heavy atom. The Kier molecular flexibility index (Phi) is 5.78. The minimum Gasteiger partial charge on any atom is -0.497 e. The number of anilines is 1. The number of rotatable bonds is 6. The molecule has 4 aromatic rings. The quantitative estimate of drug-likeness (QED) is 0.397. The molecule has 0 N–H and O–H groups in total. The van der Waals surface area contributed by atoms with Gasteiger partial charge in [0.2, 0.25) is 0 Å². The summed E-state index contributed by atoms with van der Waals surface area (Å²) >= 11 is 3.08. The molecule has 0 atom stereocenters. The van der Waals surface area contributed by atoms with Crippen LogP contribution in [0.4, 0.5) is 5.13 Å². The van der Waals surface area contributed by atoms with Crippen molar-refractivity contribution in [3.63, 3.8) is 0 Å². The molecule has 0 saturated carbocycles. The Labute approximate surface area is 177 Å². The fourth-order valence-electron chi connectivity index (χ4n) is 2.93. The fraction of sp³-hybridized carbons (Fsp3) is 0.136. The van der Waals surface area contributed by atoms with Gasteiger partial charge in [-0.3, -0.25) is 14.7 Å². The number of aromatic nitrogens is 2. The first-order valence-corrected chi connectivity index (χ1v) is 11.0. The van der Waals surface area contributed by atoms with Crippen molar-refractivity contribution in [2.75, 3.05) is 18.3 Å². The van der Waals surface area contributed by atoms with Gasteiger partial charge in [-0.1, -0.05) is 23.5 Å². The molecule has 29 heavy (non-hydrogen) atoms. The van der Waals surface area contributed by atoms with Crippen molar-refractivity contribution in [3.05, 3.63) is 78.1 Å². The van der Waals surface area contributed by atoms with Crippen molar-refractivity contribution in [2.45, 2.75) is 11.4 Å². The third kappa shape index (κ3) is 4.26. The molecule has 2 aromatic heterocycles. The number of benzene rings is 2. The van der Waals surface area contributed by atoms with E-state index >= 15 is 0 Å². The van der Waals surface area contributed by atoms with Gasteiger partial charge in [0, 0.05) is 16.7 Å². The van der Waals surface area contributed by atoms with Crippen LogP contribution in [0.5, 0.6) is 5.75 Å². The van der Waals surface area contributed by atoms with E-state index in [1.165, 1.54) is 11.3 Å². The van der Waals surface area contributed by atoms with Crippen LogP contribution in [0.25, 0.3) is 10.2 Å². The number of carbonyl (C=O) groups excluding carboxylic acids is 1. The van der Waals surface area contributed by atoms with Crippen molar-refractivity contribution in [1.82, 2.24) is 9.97 Å². The van der Waals surface area contributed by atoms with E-state index in [0.29, 0.717) is 17.2 Å². The molecule has 7 heteroatoms. The molecule has 0 aliphatic rings. The molecule has 146 valence electrons. The van der Waals surface area contributed by atoms with Crippen molar-refractivity contribution in [1.29, 1.82) is 0 Å². The molecule has 0 unspecified atom stereocenters. The molecule has 0 aliphatic heterocycles. The maximum absolute atomic E-state index is 13.4. The largest absolute Gasteiger partial charge is 0.497 e. The summed E-state index contributed by atoms with van der Waals surface area (Å²) in [6.07, 6.45) is 3.73. The summed E-state index contributed by atoms with van der Waals surface area (Å²) in [7, 11) is 1.64. The first-order valence-electron chi connectivity index (χ1n) is 8.98. The Morgan fingerprint density at radius 1 is 1.14 bits per heavy atom.